The lowest BCUT2D eigenvalue weighted by molar-refractivity contribution is 0.147. The predicted molar refractivity (Wildman–Crippen MR) is 45.1 cm³/mol. The van der Waals surface area contributed by atoms with Crippen molar-refractivity contribution in [2.24, 2.45) is 0 Å². The predicted octanol–water partition coefficient (Wildman–Crippen LogP) is 0.642. The van der Waals surface area contributed by atoms with Gasteiger partial charge in [0.25, 0.3) is 0 Å². The van der Waals surface area contributed by atoms with Gasteiger partial charge in [0.05, 0.1) is 6.10 Å². The monoisotopic (exact) mass is 163 g/mol. The number of aliphatic hydroxyl groups excluding tert-OH is 2. The van der Waals surface area contributed by atoms with Gasteiger partial charge in [0.2, 0.25) is 0 Å². The molecule has 0 aromatic rings. The zero-order valence-corrected chi connectivity index (χ0v) is 6.93. The van der Waals surface area contributed by atoms with Gasteiger partial charge in [0, 0.05) is 11.9 Å². The SMILES string of the molecule is [CH2]CC(S)C(O)CCCO. The van der Waals surface area contributed by atoms with Gasteiger partial charge < -0.3 is 10.2 Å². The van der Waals surface area contributed by atoms with E-state index in [-0.39, 0.29) is 11.9 Å². The van der Waals surface area contributed by atoms with Crippen LogP contribution in [0.3, 0.4) is 0 Å². The second-order valence-corrected chi connectivity index (χ2v) is 2.95. The molecule has 2 unspecified atom stereocenters. The topological polar surface area (TPSA) is 40.5 Å². The van der Waals surface area contributed by atoms with Crippen LogP contribution in [0.4, 0.5) is 0 Å². The average Bonchev–Trinajstić information content (AvgIpc) is 1.98. The molecule has 0 spiro atoms. The van der Waals surface area contributed by atoms with Crippen molar-refractivity contribution in [3.63, 3.8) is 0 Å². The van der Waals surface area contributed by atoms with Crippen LogP contribution in [-0.4, -0.2) is 28.2 Å². The molecule has 0 saturated carbocycles. The van der Waals surface area contributed by atoms with E-state index in [9.17, 15) is 5.11 Å². The lowest BCUT2D eigenvalue weighted by Gasteiger charge is -2.14. The summed E-state index contributed by atoms with van der Waals surface area (Å²) in [5, 5.41) is 17.6. The lowest BCUT2D eigenvalue weighted by atomic mass is 10.1. The van der Waals surface area contributed by atoms with Gasteiger partial charge in [-0.3, -0.25) is 0 Å². The molecular formula is C7H15O2S. The van der Waals surface area contributed by atoms with E-state index in [1.54, 1.807) is 0 Å². The van der Waals surface area contributed by atoms with E-state index in [2.05, 4.69) is 19.6 Å². The summed E-state index contributed by atoms with van der Waals surface area (Å²) < 4.78 is 0. The number of thiol groups is 1. The first kappa shape index (κ1) is 10.3. The van der Waals surface area contributed by atoms with Crippen LogP contribution in [0.25, 0.3) is 0 Å². The molecule has 0 aliphatic carbocycles. The molecule has 0 saturated heterocycles. The molecule has 0 aromatic carbocycles. The van der Waals surface area contributed by atoms with Gasteiger partial charge in [-0.1, -0.05) is 6.92 Å². The third-order valence-corrected chi connectivity index (χ3v) is 2.00. The Balaban J connectivity index is 3.31. The smallest absolute Gasteiger partial charge is 0.0657 e. The van der Waals surface area contributed by atoms with Crippen molar-refractivity contribution < 1.29 is 10.2 Å². The van der Waals surface area contributed by atoms with Gasteiger partial charge in [-0.15, -0.1) is 0 Å². The summed E-state index contributed by atoms with van der Waals surface area (Å²) in [5.41, 5.74) is 0. The van der Waals surface area contributed by atoms with Gasteiger partial charge in [0.15, 0.2) is 0 Å². The highest BCUT2D eigenvalue weighted by molar-refractivity contribution is 7.81. The maximum atomic E-state index is 9.22. The highest BCUT2D eigenvalue weighted by atomic mass is 32.1. The van der Waals surface area contributed by atoms with Crippen LogP contribution < -0.4 is 0 Å². The van der Waals surface area contributed by atoms with E-state index >= 15 is 0 Å². The molecule has 0 aliphatic heterocycles. The fraction of sp³-hybridized carbons (Fsp3) is 0.857. The van der Waals surface area contributed by atoms with Gasteiger partial charge >= 0.3 is 0 Å². The van der Waals surface area contributed by atoms with E-state index in [1.807, 2.05) is 0 Å². The van der Waals surface area contributed by atoms with Crippen molar-refractivity contribution >= 4 is 12.6 Å². The fourth-order valence-electron chi connectivity index (χ4n) is 0.685. The molecular weight excluding hydrogens is 148 g/mol. The van der Waals surface area contributed by atoms with Crippen LogP contribution >= 0.6 is 12.6 Å². The maximum absolute atomic E-state index is 9.22. The number of hydrogen-bond acceptors (Lipinski definition) is 3. The summed E-state index contributed by atoms with van der Waals surface area (Å²) >= 11 is 4.10. The van der Waals surface area contributed by atoms with Crippen molar-refractivity contribution in [1.29, 1.82) is 0 Å². The highest BCUT2D eigenvalue weighted by Gasteiger charge is 2.11. The molecule has 3 heteroatoms. The number of hydrogen-bond donors (Lipinski definition) is 3. The maximum Gasteiger partial charge on any atom is 0.0657 e. The molecule has 0 heterocycles. The van der Waals surface area contributed by atoms with E-state index in [1.165, 1.54) is 0 Å². The van der Waals surface area contributed by atoms with Crippen molar-refractivity contribution in [1.82, 2.24) is 0 Å². The molecule has 2 N–H and O–H groups in total. The molecule has 0 amide bonds. The number of rotatable bonds is 5. The zero-order chi connectivity index (χ0) is 7.98. The minimum Gasteiger partial charge on any atom is -0.396 e. The first-order valence-corrected chi connectivity index (χ1v) is 4.00. The highest BCUT2D eigenvalue weighted by Crippen LogP contribution is 2.10. The Morgan fingerprint density at radius 3 is 2.50 bits per heavy atom. The largest absolute Gasteiger partial charge is 0.396 e. The molecule has 61 valence electrons. The Labute approximate surface area is 67.7 Å². The minimum absolute atomic E-state index is 0.0495. The molecule has 1 radical (unpaired) electrons. The van der Waals surface area contributed by atoms with Gasteiger partial charge in [0.1, 0.15) is 0 Å². The summed E-state index contributed by atoms with van der Waals surface area (Å²) in [5.74, 6) is 0. The summed E-state index contributed by atoms with van der Waals surface area (Å²) in [6.07, 6.45) is 1.45. The molecule has 0 rings (SSSR count). The van der Waals surface area contributed by atoms with Crippen molar-refractivity contribution in [2.45, 2.75) is 30.6 Å². The minimum atomic E-state index is -0.423. The van der Waals surface area contributed by atoms with Crippen molar-refractivity contribution in [2.75, 3.05) is 6.61 Å². The molecule has 0 aromatic heterocycles. The van der Waals surface area contributed by atoms with E-state index in [0.717, 1.165) is 0 Å². The third kappa shape index (κ3) is 4.14. The Bertz CT molecular complexity index is 78.0. The van der Waals surface area contributed by atoms with Gasteiger partial charge in [-0.25, -0.2) is 0 Å². The second-order valence-electron chi connectivity index (χ2n) is 2.29. The van der Waals surface area contributed by atoms with Crippen molar-refractivity contribution in [3.8, 4) is 0 Å². The van der Waals surface area contributed by atoms with Crippen LogP contribution in [0.1, 0.15) is 19.3 Å². The van der Waals surface area contributed by atoms with Crippen molar-refractivity contribution in [3.05, 3.63) is 6.92 Å². The van der Waals surface area contributed by atoms with Crippen LogP contribution in [0.15, 0.2) is 0 Å². The Hall–Kier alpha value is 0.270. The van der Waals surface area contributed by atoms with Crippen LogP contribution in [0, 0.1) is 6.92 Å². The van der Waals surface area contributed by atoms with Crippen LogP contribution in [-0.2, 0) is 0 Å². The summed E-state index contributed by atoms with van der Waals surface area (Å²) in [7, 11) is 0. The molecule has 2 nitrogen and oxygen atoms in total. The fourth-order valence-corrected chi connectivity index (χ4v) is 0.834. The zero-order valence-electron chi connectivity index (χ0n) is 6.03. The lowest BCUT2D eigenvalue weighted by Crippen LogP contribution is -2.20. The summed E-state index contributed by atoms with van der Waals surface area (Å²) in [6.45, 7) is 3.75. The summed E-state index contributed by atoms with van der Waals surface area (Å²) in [4.78, 5) is 0. The first-order chi connectivity index (χ1) is 4.72. The molecule has 0 fully saturated rings. The Morgan fingerprint density at radius 1 is 1.50 bits per heavy atom. The van der Waals surface area contributed by atoms with Crippen LogP contribution in [0.2, 0.25) is 0 Å². The van der Waals surface area contributed by atoms with E-state index in [4.69, 9.17) is 5.11 Å². The average molecular weight is 163 g/mol. The number of aliphatic hydroxyl groups is 2. The first-order valence-electron chi connectivity index (χ1n) is 3.48. The van der Waals surface area contributed by atoms with Gasteiger partial charge in [-0.05, 0) is 19.3 Å². The Morgan fingerprint density at radius 2 is 2.10 bits per heavy atom. The molecule has 0 aliphatic rings. The second kappa shape index (κ2) is 6.01. The Kier molecular flexibility index (Phi) is 6.17. The quantitative estimate of drug-likeness (QED) is 0.521. The standard InChI is InChI=1S/C7H15O2S/c1-2-7(10)6(9)4-3-5-8/h6-10H,1-5H2. The summed E-state index contributed by atoms with van der Waals surface area (Å²) in [6, 6.07) is 0. The third-order valence-electron chi connectivity index (χ3n) is 1.40. The molecule has 0 bridgehead atoms. The van der Waals surface area contributed by atoms with Crippen LogP contribution in [0.5, 0.6) is 0 Å². The van der Waals surface area contributed by atoms with E-state index in [0.29, 0.717) is 19.3 Å². The van der Waals surface area contributed by atoms with Gasteiger partial charge in [-0.2, -0.15) is 12.6 Å². The molecule has 10 heavy (non-hydrogen) atoms. The molecule has 2 atom stereocenters. The normalized spacial score (nSPS) is 16.8. The van der Waals surface area contributed by atoms with E-state index < -0.39 is 6.10 Å².